The minimum atomic E-state index is -3.11. The van der Waals surface area contributed by atoms with Gasteiger partial charge in [0.2, 0.25) is 14.2 Å². The molecule has 0 bridgehead atoms. The molecule has 0 fully saturated rings. The average Bonchev–Trinajstić information content (AvgIpc) is 4.07. The van der Waals surface area contributed by atoms with Crippen LogP contribution in [0.2, 0.25) is 0 Å². The fraction of sp³-hybridized carbons (Fsp3) is 0.647. The van der Waals surface area contributed by atoms with E-state index in [1.807, 2.05) is 67.0 Å². The largest absolute Gasteiger partial charge is 0.383 e. The standard InChI is InChI=1S/2C9H14F2N2.2C9H15NOS.C8H11F2NS.C7H11NO2S2/c1-6(2)7-5-8(9(3,10)11)12-13(7)4;1-7(2)8-4-5-13(12-8)6-9(3,10)11;1-6(2)7-5-12-8(10-7)9(3,4)11;1-6(2)7-5-10-8(12-7)9(3,4)11;1-5(2)6-4-11-7(12-6)8(3,9)10;1-5(2)6-4-11-7(8-6)12(3,9)10/h5-6H,1-4H3;4-5,7H,6H2,1-3H3;2*5-6,11H,1-4H3;2*4-5H,1-3H3. The van der Waals surface area contributed by atoms with Crippen molar-refractivity contribution in [1.82, 2.24) is 39.5 Å². The lowest BCUT2D eigenvalue weighted by atomic mass is 10.1. The van der Waals surface area contributed by atoms with Gasteiger partial charge in [-0.1, -0.05) is 83.1 Å². The summed E-state index contributed by atoms with van der Waals surface area (Å²) < 4.78 is 101. The highest BCUT2D eigenvalue weighted by molar-refractivity contribution is 7.92. The van der Waals surface area contributed by atoms with E-state index in [0.717, 1.165) is 69.8 Å². The SMILES string of the molecule is CC(C)c1cc(C(C)(F)F)nn1C.CC(C)c1ccn(CC(C)(F)F)n1.CC(C)c1cnc(C(C)(C)O)s1.CC(C)c1cnc(C(C)(F)F)s1.CC(C)c1csc(C(C)(C)O)n1.CC(C)c1csc(S(C)(=O)=O)n1. The summed E-state index contributed by atoms with van der Waals surface area (Å²) in [5, 5.41) is 32.4. The van der Waals surface area contributed by atoms with Crippen LogP contribution >= 0.6 is 45.3 Å². The third kappa shape index (κ3) is 24.6. The van der Waals surface area contributed by atoms with E-state index < -0.39 is 38.8 Å². The zero-order valence-corrected chi connectivity index (χ0v) is 50.9. The molecule has 0 saturated heterocycles. The fourth-order valence-corrected chi connectivity index (χ4v) is 10.0. The molecular weight excluding hydrogens is 1060 g/mol. The molecule has 6 heterocycles. The van der Waals surface area contributed by atoms with Crippen LogP contribution < -0.4 is 0 Å². The Morgan fingerprint density at radius 3 is 1.30 bits per heavy atom. The second-order valence-corrected chi connectivity index (χ2v) is 27.0. The molecule has 0 saturated carbocycles. The lowest BCUT2D eigenvalue weighted by Crippen LogP contribution is -2.19. The predicted octanol–water partition coefficient (Wildman–Crippen LogP) is 15.4. The first-order chi connectivity index (χ1) is 33.3. The summed E-state index contributed by atoms with van der Waals surface area (Å²) in [7, 11) is -1.42. The maximum atomic E-state index is 12.8. The Kier molecular flexibility index (Phi) is 26.0. The zero-order valence-electron chi connectivity index (χ0n) is 46.8. The Balaban J connectivity index is 0.000000444. The summed E-state index contributed by atoms with van der Waals surface area (Å²) >= 11 is 5.38. The number of aryl methyl sites for hydroxylation is 1. The molecule has 74 heavy (non-hydrogen) atoms. The number of hydrogen-bond acceptors (Lipinski definition) is 14. The van der Waals surface area contributed by atoms with E-state index in [4.69, 9.17) is 0 Å². The van der Waals surface area contributed by atoms with Crippen LogP contribution in [0.15, 0.2) is 45.8 Å². The van der Waals surface area contributed by atoms with Gasteiger partial charge in [-0.15, -0.1) is 45.3 Å². The van der Waals surface area contributed by atoms with Crippen LogP contribution in [0, 0.1) is 0 Å². The molecule has 0 aromatic carbocycles. The molecule has 0 aliphatic heterocycles. The molecule has 12 nitrogen and oxygen atoms in total. The summed E-state index contributed by atoms with van der Waals surface area (Å²) in [6.45, 7) is 33.5. The Labute approximate surface area is 452 Å². The average molecular weight is 1140 g/mol. The van der Waals surface area contributed by atoms with Gasteiger partial charge in [-0.2, -0.15) is 27.8 Å². The van der Waals surface area contributed by atoms with Crippen molar-refractivity contribution in [2.75, 3.05) is 6.26 Å². The molecule has 2 N–H and O–H groups in total. The van der Waals surface area contributed by atoms with E-state index in [1.54, 1.807) is 63.7 Å². The molecular formula is C51H80F6N8O4S5. The van der Waals surface area contributed by atoms with Crippen LogP contribution in [0.4, 0.5) is 26.3 Å². The third-order valence-electron chi connectivity index (χ3n) is 9.78. The van der Waals surface area contributed by atoms with Crippen molar-refractivity contribution in [3.63, 3.8) is 0 Å². The number of nitrogens with zero attached hydrogens (tertiary/aromatic N) is 8. The van der Waals surface area contributed by atoms with E-state index in [2.05, 4.69) is 57.8 Å². The number of hydrogen-bond donors (Lipinski definition) is 2. The molecule has 420 valence electrons. The Morgan fingerprint density at radius 1 is 0.595 bits per heavy atom. The molecule has 0 aliphatic carbocycles. The van der Waals surface area contributed by atoms with Crippen molar-refractivity contribution in [3.05, 3.63) is 94.7 Å². The molecule has 23 heteroatoms. The van der Waals surface area contributed by atoms with Crippen LogP contribution in [0.1, 0.15) is 220 Å². The van der Waals surface area contributed by atoms with Crippen LogP contribution in [-0.4, -0.2) is 70.3 Å². The molecule has 0 aliphatic rings. The highest BCUT2D eigenvalue weighted by atomic mass is 32.2. The number of thiazole rings is 4. The number of halogens is 6. The minimum Gasteiger partial charge on any atom is -0.383 e. The third-order valence-corrected chi connectivity index (χ3v) is 16.6. The van der Waals surface area contributed by atoms with E-state index in [-0.39, 0.29) is 45.3 Å². The number of rotatable bonds is 13. The predicted molar refractivity (Wildman–Crippen MR) is 292 cm³/mol. The van der Waals surface area contributed by atoms with Crippen LogP contribution in [0.5, 0.6) is 0 Å². The lowest BCUT2D eigenvalue weighted by molar-refractivity contribution is 0.000388. The van der Waals surface area contributed by atoms with Crippen LogP contribution in [0.25, 0.3) is 0 Å². The van der Waals surface area contributed by atoms with Crippen molar-refractivity contribution < 1.29 is 45.0 Å². The van der Waals surface area contributed by atoms with E-state index in [9.17, 15) is 45.0 Å². The fourth-order valence-electron chi connectivity index (χ4n) is 5.42. The topological polar surface area (TPSA) is 162 Å². The normalized spacial score (nSPS) is 12.5. The van der Waals surface area contributed by atoms with Gasteiger partial charge in [0.25, 0.3) is 17.8 Å². The van der Waals surface area contributed by atoms with Gasteiger partial charge in [0.15, 0.2) is 5.01 Å². The van der Waals surface area contributed by atoms with Crippen molar-refractivity contribution in [1.29, 1.82) is 0 Å². The first-order valence-corrected chi connectivity index (χ1v) is 29.3. The molecule has 6 aromatic rings. The number of aromatic nitrogens is 8. The number of sulfone groups is 1. The second-order valence-electron chi connectivity index (χ2n) is 20.9. The van der Waals surface area contributed by atoms with Crippen molar-refractivity contribution in [3.8, 4) is 0 Å². The second kappa shape index (κ2) is 28.1. The van der Waals surface area contributed by atoms with Gasteiger partial charge in [0.05, 0.1) is 17.1 Å². The molecule has 0 amide bonds. The molecule has 0 atom stereocenters. The number of alkyl halides is 6. The zero-order chi connectivity index (χ0) is 57.7. The monoisotopic (exact) mass is 1140 g/mol. The molecule has 0 unspecified atom stereocenters. The highest BCUT2D eigenvalue weighted by Gasteiger charge is 2.30. The van der Waals surface area contributed by atoms with Crippen molar-refractivity contribution >= 4 is 55.2 Å². The molecule has 6 rings (SSSR count). The van der Waals surface area contributed by atoms with Gasteiger partial charge in [0.1, 0.15) is 33.5 Å². The van der Waals surface area contributed by atoms with Gasteiger partial charge in [-0.3, -0.25) is 9.36 Å². The Hall–Kier alpha value is -3.61. The van der Waals surface area contributed by atoms with Crippen LogP contribution in [0.3, 0.4) is 0 Å². The highest BCUT2D eigenvalue weighted by Crippen LogP contribution is 2.34. The van der Waals surface area contributed by atoms with Gasteiger partial charge in [0, 0.05) is 78.9 Å². The summed E-state index contributed by atoms with van der Waals surface area (Å²) in [6.07, 6.45) is 6.15. The molecule has 6 aromatic heterocycles. The van der Waals surface area contributed by atoms with E-state index in [0.29, 0.717) is 11.8 Å². The van der Waals surface area contributed by atoms with E-state index >= 15 is 0 Å². The smallest absolute Gasteiger partial charge is 0.296 e. The summed E-state index contributed by atoms with van der Waals surface area (Å²) in [4.78, 5) is 18.4. The quantitative estimate of drug-likeness (QED) is 0.106. The van der Waals surface area contributed by atoms with Gasteiger partial charge >= 0.3 is 0 Å². The molecule has 0 radical (unpaired) electrons. The first-order valence-electron chi connectivity index (χ1n) is 24.0. The summed E-state index contributed by atoms with van der Waals surface area (Å²) in [5.74, 6) is -6.32. The lowest BCUT2D eigenvalue weighted by Gasteiger charge is -2.12. The van der Waals surface area contributed by atoms with Crippen molar-refractivity contribution in [2.45, 2.75) is 207 Å². The molecule has 0 spiro atoms. The first kappa shape index (κ1) is 68.4. The maximum absolute atomic E-state index is 12.8. The van der Waals surface area contributed by atoms with Gasteiger partial charge in [-0.05, 0) is 75.3 Å². The Morgan fingerprint density at radius 2 is 1.04 bits per heavy atom. The Bertz CT molecular complexity index is 2530. The minimum absolute atomic E-state index is 0.0915. The maximum Gasteiger partial charge on any atom is 0.296 e. The van der Waals surface area contributed by atoms with E-state index in [1.165, 1.54) is 55.4 Å². The number of aliphatic hydroxyl groups is 2. The van der Waals surface area contributed by atoms with Crippen LogP contribution in [-0.2, 0) is 46.5 Å². The summed E-state index contributed by atoms with van der Waals surface area (Å²) in [5.41, 5.74) is 1.85. The van der Waals surface area contributed by atoms with Gasteiger partial charge < -0.3 is 10.2 Å². The van der Waals surface area contributed by atoms with Gasteiger partial charge in [-0.25, -0.2) is 37.1 Å². The summed E-state index contributed by atoms with van der Waals surface area (Å²) in [6, 6.07) is 3.24. The van der Waals surface area contributed by atoms with Crippen molar-refractivity contribution in [2.24, 2.45) is 7.05 Å².